The number of carbonyl (C=O) groups is 1. The second-order valence-electron chi connectivity index (χ2n) is 5.44. The van der Waals surface area contributed by atoms with Crippen LogP contribution in [0.1, 0.15) is 33.1 Å². The second-order valence-corrected chi connectivity index (χ2v) is 6.47. The molecule has 2 aromatic rings. The SMILES string of the molecule is O=C(c1cnc(C#Cc2cccc(F)c2)s1)N1CCC(F)(F)CC1. The van der Waals surface area contributed by atoms with Crippen molar-refractivity contribution in [3.63, 3.8) is 0 Å². The standard InChI is InChI=1S/C17H13F3N2OS/c18-13-3-1-2-12(10-13)4-5-15-21-11-14(24-15)16(23)22-8-6-17(19,20)7-9-22/h1-3,10-11H,6-9H2. The third-order valence-corrected chi connectivity index (χ3v) is 4.54. The van der Waals surface area contributed by atoms with Gasteiger partial charge in [0.15, 0.2) is 5.01 Å². The lowest BCUT2D eigenvalue weighted by molar-refractivity contribution is -0.0493. The predicted octanol–water partition coefficient (Wildman–Crippen LogP) is 3.55. The number of rotatable bonds is 1. The zero-order chi connectivity index (χ0) is 17.2. The lowest BCUT2D eigenvalue weighted by Crippen LogP contribution is -2.42. The Hall–Kier alpha value is -2.33. The number of aromatic nitrogens is 1. The van der Waals surface area contributed by atoms with Crippen LogP contribution >= 0.6 is 11.3 Å². The van der Waals surface area contributed by atoms with Crippen LogP contribution in [0.15, 0.2) is 30.5 Å². The van der Waals surface area contributed by atoms with Gasteiger partial charge in [-0.05, 0) is 24.1 Å². The van der Waals surface area contributed by atoms with Gasteiger partial charge < -0.3 is 4.90 Å². The van der Waals surface area contributed by atoms with Crippen LogP contribution < -0.4 is 0 Å². The highest BCUT2D eigenvalue weighted by atomic mass is 32.1. The number of thiazole rings is 1. The van der Waals surface area contributed by atoms with Crippen LogP contribution in [0.25, 0.3) is 0 Å². The van der Waals surface area contributed by atoms with E-state index in [-0.39, 0.29) is 37.7 Å². The smallest absolute Gasteiger partial charge is 0.265 e. The molecule has 0 saturated carbocycles. The molecule has 1 amide bonds. The molecule has 3 rings (SSSR count). The Kier molecular flexibility index (Phi) is 4.58. The highest BCUT2D eigenvalue weighted by Gasteiger charge is 2.36. The summed E-state index contributed by atoms with van der Waals surface area (Å²) >= 11 is 1.10. The van der Waals surface area contributed by atoms with Gasteiger partial charge in [-0.25, -0.2) is 18.2 Å². The maximum Gasteiger partial charge on any atom is 0.265 e. The lowest BCUT2D eigenvalue weighted by Gasteiger charge is -2.31. The van der Waals surface area contributed by atoms with E-state index in [1.165, 1.54) is 23.2 Å². The fourth-order valence-electron chi connectivity index (χ4n) is 2.32. The Bertz CT molecular complexity index is 812. The lowest BCUT2D eigenvalue weighted by atomic mass is 10.1. The highest BCUT2D eigenvalue weighted by Crippen LogP contribution is 2.28. The average Bonchev–Trinajstić information content (AvgIpc) is 3.01. The summed E-state index contributed by atoms with van der Waals surface area (Å²) in [4.78, 5) is 18.1. The maximum absolute atomic E-state index is 13.1. The Labute approximate surface area is 141 Å². The number of benzene rings is 1. The van der Waals surface area contributed by atoms with Gasteiger partial charge in [-0.15, -0.1) is 11.3 Å². The van der Waals surface area contributed by atoms with Crippen molar-refractivity contribution in [3.8, 4) is 11.8 Å². The molecule has 1 aromatic carbocycles. The molecule has 0 aliphatic carbocycles. The largest absolute Gasteiger partial charge is 0.337 e. The van der Waals surface area contributed by atoms with Crippen molar-refractivity contribution >= 4 is 17.2 Å². The summed E-state index contributed by atoms with van der Waals surface area (Å²) in [6.07, 6.45) is 0.767. The van der Waals surface area contributed by atoms with Crippen LogP contribution in [0.2, 0.25) is 0 Å². The van der Waals surface area contributed by atoms with Crippen LogP contribution in [-0.4, -0.2) is 34.8 Å². The number of amides is 1. The van der Waals surface area contributed by atoms with Crippen LogP contribution in [0.4, 0.5) is 13.2 Å². The number of piperidine rings is 1. The first-order valence-electron chi connectivity index (χ1n) is 7.33. The molecule has 0 N–H and O–H groups in total. The van der Waals surface area contributed by atoms with Crippen molar-refractivity contribution in [3.05, 3.63) is 51.7 Å². The summed E-state index contributed by atoms with van der Waals surface area (Å²) in [5.41, 5.74) is 0.510. The highest BCUT2D eigenvalue weighted by molar-refractivity contribution is 7.14. The summed E-state index contributed by atoms with van der Waals surface area (Å²) in [6.45, 7) is 0.0715. The van der Waals surface area contributed by atoms with Gasteiger partial charge in [0.1, 0.15) is 10.7 Å². The van der Waals surface area contributed by atoms with Gasteiger partial charge in [-0.3, -0.25) is 4.79 Å². The van der Waals surface area contributed by atoms with Gasteiger partial charge >= 0.3 is 0 Å². The maximum atomic E-state index is 13.1. The minimum absolute atomic E-state index is 0.0358. The molecule has 2 heterocycles. The number of nitrogens with zero attached hydrogens (tertiary/aromatic N) is 2. The van der Waals surface area contributed by atoms with Crippen molar-refractivity contribution in [2.24, 2.45) is 0 Å². The zero-order valence-corrected chi connectivity index (χ0v) is 13.4. The molecule has 1 fully saturated rings. The minimum Gasteiger partial charge on any atom is -0.337 e. The van der Waals surface area contributed by atoms with Gasteiger partial charge in [-0.2, -0.15) is 0 Å². The molecule has 3 nitrogen and oxygen atoms in total. The third kappa shape index (κ3) is 3.95. The van der Waals surface area contributed by atoms with Crippen molar-refractivity contribution in [1.29, 1.82) is 0 Å². The van der Waals surface area contributed by atoms with Gasteiger partial charge in [-0.1, -0.05) is 12.0 Å². The molecule has 1 saturated heterocycles. The fourth-order valence-corrected chi connectivity index (χ4v) is 3.05. The van der Waals surface area contributed by atoms with E-state index in [4.69, 9.17) is 0 Å². The van der Waals surface area contributed by atoms with E-state index in [0.29, 0.717) is 15.4 Å². The summed E-state index contributed by atoms with van der Waals surface area (Å²) in [7, 11) is 0. The molecule has 7 heteroatoms. The van der Waals surface area contributed by atoms with E-state index in [2.05, 4.69) is 16.8 Å². The Balaban J connectivity index is 1.69. The molecule has 124 valence electrons. The van der Waals surface area contributed by atoms with E-state index in [1.54, 1.807) is 12.1 Å². The Morgan fingerprint density at radius 1 is 1.25 bits per heavy atom. The van der Waals surface area contributed by atoms with Gasteiger partial charge in [0.25, 0.3) is 11.8 Å². The fraction of sp³-hybridized carbons (Fsp3) is 0.294. The zero-order valence-electron chi connectivity index (χ0n) is 12.6. The van der Waals surface area contributed by atoms with Crippen LogP contribution in [0, 0.1) is 17.7 Å². The first kappa shape index (κ1) is 16.5. The Morgan fingerprint density at radius 2 is 2.00 bits per heavy atom. The van der Waals surface area contributed by atoms with Crippen molar-refractivity contribution < 1.29 is 18.0 Å². The monoisotopic (exact) mass is 350 g/mol. The van der Waals surface area contributed by atoms with Crippen LogP contribution in [0.3, 0.4) is 0 Å². The van der Waals surface area contributed by atoms with E-state index >= 15 is 0 Å². The van der Waals surface area contributed by atoms with Crippen molar-refractivity contribution in [1.82, 2.24) is 9.88 Å². The quantitative estimate of drug-likeness (QED) is 0.737. The topological polar surface area (TPSA) is 33.2 Å². The summed E-state index contributed by atoms with van der Waals surface area (Å²) in [6, 6.07) is 5.86. The van der Waals surface area contributed by atoms with Crippen LogP contribution in [0.5, 0.6) is 0 Å². The molecule has 0 atom stereocenters. The molecule has 24 heavy (non-hydrogen) atoms. The number of hydrogen-bond acceptors (Lipinski definition) is 3. The average molecular weight is 350 g/mol. The molecule has 0 radical (unpaired) electrons. The van der Waals surface area contributed by atoms with Crippen LogP contribution in [-0.2, 0) is 0 Å². The van der Waals surface area contributed by atoms with Gasteiger partial charge in [0.05, 0.1) is 6.20 Å². The molecule has 1 aliphatic heterocycles. The number of likely N-dealkylation sites (tertiary alicyclic amines) is 1. The van der Waals surface area contributed by atoms with E-state index in [0.717, 1.165) is 11.3 Å². The van der Waals surface area contributed by atoms with E-state index < -0.39 is 5.92 Å². The molecule has 1 aromatic heterocycles. The first-order valence-corrected chi connectivity index (χ1v) is 8.15. The molecule has 1 aliphatic rings. The third-order valence-electron chi connectivity index (χ3n) is 3.64. The molecule has 0 bridgehead atoms. The van der Waals surface area contributed by atoms with Gasteiger partial charge in [0.2, 0.25) is 0 Å². The van der Waals surface area contributed by atoms with E-state index in [1.807, 2.05) is 0 Å². The normalized spacial score (nSPS) is 16.4. The molecular formula is C17H13F3N2OS. The molecule has 0 unspecified atom stereocenters. The summed E-state index contributed by atoms with van der Waals surface area (Å²) in [5, 5.41) is 0.421. The van der Waals surface area contributed by atoms with Crippen molar-refractivity contribution in [2.45, 2.75) is 18.8 Å². The number of alkyl halides is 2. The second kappa shape index (κ2) is 6.65. The number of halogens is 3. The number of carbonyl (C=O) groups excluding carboxylic acids is 1. The van der Waals surface area contributed by atoms with E-state index in [9.17, 15) is 18.0 Å². The van der Waals surface area contributed by atoms with Gasteiger partial charge in [0, 0.05) is 31.5 Å². The molecular weight excluding hydrogens is 337 g/mol. The first-order chi connectivity index (χ1) is 11.4. The molecule has 0 spiro atoms. The minimum atomic E-state index is -2.69. The summed E-state index contributed by atoms with van der Waals surface area (Å²) in [5.74, 6) is 2.19. The summed E-state index contributed by atoms with van der Waals surface area (Å²) < 4.78 is 39.4. The number of hydrogen-bond donors (Lipinski definition) is 0. The van der Waals surface area contributed by atoms with Crippen molar-refractivity contribution in [2.75, 3.05) is 13.1 Å². The Morgan fingerprint density at radius 3 is 2.71 bits per heavy atom. The predicted molar refractivity (Wildman–Crippen MR) is 84.6 cm³/mol.